The number of fused-ring (bicyclic) bond motifs is 1. The van der Waals surface area contributed by atoms with Gasteiger partial charge >= 0.3 is 5.97 Å². The lowest BCUT2D eigenvalue weighted by molar-refractivity contribution is 0.0698. The Morgan fingerprint density at radius 3 is 2.73 bits per heavy atom. The average Bonchev–Trinajstić information content (AvgIpc) is 2.91. The van der Waals surface area contributed by atoms with E-state index in [1.165, 1.54) is 0 Å². The van der Waals surface area contributed by atoms with Crippen LogP contribution in [0.25, 0.3) is 10.9 Å². The van der Waals surface area contributed by atoms with Crippen LogP contribution in [0, 0.1) is 5.82 Å². The summed E-state index contributed by atoms with van der Waals surface area (Å²) in [5.41, 5.74) is 0.459. The lowest BCUT2D eigenvalue weighted by Crippen LogP contribution is -2.15. The highest BCUT2D eigenvalue weighted by Crippen LogP contribution is 2.20. The summed E-state index contributed by atoms with van der Waals surface area (Å²) in [5, 5.41) is 18.7. The summed E-state index contributed by atoms with van der Waals surface area (Å²) < 4.78 is 13.3. The quantitative estimate of drug-likeness (QED) is 0.693. The van der Waals surface area contributed by atoms with Gasteiger partial charge in [0.05, 0.1) is 16.8 Å². The number of carboxylic acids is 1. The molecule has 0 aliphatic rings. The first-order valence-corrected chi connectivity index (χ1v) is 6.33. The van der Waals surface area contributed by atoms with Crippen LogP contribution in [-0.4, -0.2) is 27.2 Å². The molecular formula is C15H10FN3O3. The summed E-state index contributed by atoms with van der Waals surface area (Å²) in [6.07, 6.45) is 0. The average molecular weight is 299 g/mol. The predicted molar refractivity (Wildman–Crippen MR) is 77.4 cm³/mol. The monoisotopic (exact) mass is 299 g/mol. The first-order chi connectivity index (χ1) is 10.6. The molecule has 0 saturated carbocycles. The van der Waals surface area contributed by atoms with Crippen LogP contribution in [0.1, 0.15) is 20.8 Å². The zero-order valence-corrected chi connectivity index (χ0v) is 11.1. The Labute approximate surface area is 123 Å². The molecule has 6 nitrogen and oxygen atoms in total. The minimum Gasteiger partial charge on any atom is -0.478 e. The molecule has 7 heteroatoms. The molecule has 0 aliphatic carbocycles. The first kappa shape index (κ1) is 13.7. The van der Waals surface area contributed by atoms with Crippen molar-refractivity contribution in [3.05, 3.63) is 59.5 Å². The second-order valence-corrected chi connectivity index (χ2v) is 4.57. The predicted octanol–water partition coefficient (Wildman–Crippen LogP) is 2.65. The summed E-state index contributed by atoms with van der Waals surface area (Å²) in [4.78, 5) is 23.4. The molecule has 0 saturated heterocycles. The fourth-order valence-corrected chi connectivity index (χ4v) is 2.12. The van der Waals surface area contributed by atoms with Gasteiger partial charge in [0, 0.05) is 5.39 Å². The highest BCUT2D eigenvalue weighted by atomic mass is 19.1. The second-order valence-electron chi connectivity index (χ2n) is 4.57. The van der Waals surface area contributed by atoms with Gasteiger partial charge in [0.2, 0.25) is 0 Å². The summed E-state index contributed by atoms with van der Waals surface area (Å²) in [7, 11) is 0. The maximum Gasteiger partial charge on any atom is 0.337 e. The van der Waals surface area contributed by atoms with Crippen molar-refractivity contribution < 1.29 is 19.1 Å². The third kappa shape index (κ3) is 2.39. The molecule has 0 aliphatic heterocycles. The van der Waals surface area contributed by atoms with Crippen molar-refractivity contribution in [3.63, 3.8) is 0 Å². The SMILES string of the molecule is O=C(O)c1ccc(F)cc1NC(=O)c1n[nH]c2ccccc12. The Balaban J connectivity index is 1.98. The molecule has 0 fully saturated rings. The number of nitrogens with one attached hydrogen (secondary N) is 2. The number of carboxylic acid groups (broad SMARTS) is 1. The molecule has 3 rings (SSSR count). The van der Waals surface area contributed by atoms with Gasteiger partial charge in [-0.1, -0.05) is 18.2 Å². The Kier molecular flexibility index (Phi) is 3.30. The van der Waals surface area contributed by atoms with Crippen LogP contribution in [0.15, 0.2) is 42.5 Å². The van der Waals surface area contributed by atoms with E-state index in [9.17, 15) is 14.0 Å². The molecule has 0 spiro atoms. The van der Waals surface area contributed by atoms with Gasteiger partial charge in [0.15, 0.2) is 5.69 Å². The molecule has 1 heterocycles. The number of halogens is 1. The summed E-state index contributed by atoms with van der Waals surface area (Å²) >= 11 is 0. The first-order valence-electron chi connectivity index (χ1n) is 6.33. The molecule has 1 aromatic heterocycles. The molecule has 22 heavy (non-hydrogen) atoms. The van der Waals surface area contributed by atoms with Crippen molar-refractivity contribution in [2.45, 2.75) is 0 Å². The standard InChI is InChI=1S/C15H10FN3O3/c16-8-5-6-10(15(21)22)12(7-8)17-14(20)13-9-3-1-2-4-11(9)18-19-13/h1-7H,(H,17,20)(H,18,19)(H,21,22). The number of aromatic amines is 1. The lowest BCUT2D eigenvalue weighted by Gasteiger charge is -2.07. The molecule has 0 unspecified atom stereocenters. The summed E-state index contributed by atoms with van der Waals surface area (Å²) in [5.74, 6) is -2.53. The smallest absolute Gasteiger partial charge is 0.337 e. The molecule has 2 aromatic carbocycles. The van der Waals surface area contributed by atoms with E-state index in [2.05, 4.69) is 15.5 Å². The van der Waals surface area contributed by atoms with Crippen molar-refractivity contribution in [3.8, 4) is 0 Å². The van der Waals surface area contributed by atoms with Gasteiger partial charge in [-0.15, -0.1) is 0 Å². The van der Waals surface area contributed by atoms with Crippen LogP contribution in [0.5, 0.6) is 0 Å². The number of para-hydroxylation sites is 1. The van der Waals surface area contributed by atoms with Gasteiger partial charge in [-0.3, -0.25) is 9.89 Å². The van der Waals surface area contributed by atoms with E-state index >= 15 is 0 Å². The number of hydrogen-bond donors (Lipinski definition) is 3. The zero-order chi connectivity index (χ0) is 15.7. The van der Waals surface area contributed by atoms with Crippen molar-refractivity contribution in [1.29, 1.82) is 0 Å². The number of H-pyrrole nitrogens is 1. The molecule has 3 N–H and O–H groups in total. The number of aromatic nitrogens is 2. The minimum atomic E-state index is -1.26. The van der Waals surface area contributed by atoms with E-state index in [0.29, 0.717) is 10.9 Å². The molecule has 0 atom stereocenters. The van der Waals surface area contributed by atoms with Gasteiger partial charge in [0.1, 0.15) is 5.82 Å². The highest BCUT2D eigenvalue weighted by molar-refractivity contribution is 6.12. The van der Waals surface area contributed by atoms with Gasteiger partial charge in [0.25, 0.3) is 5.91 Å². The highest BCUT2D eigenvalue weighted by Gasteiger charge is 2.18. The van der Waals surface area contributed by atoms with Crippen LogP contribution >= 0.6 is 0 Å². The Hall–Kier alpha value is -3.22. The molecule has 0 radical (unpaired) electrons. The van der Waals surface area contributed by atoms with Crippen LogP contribution < -0.4 is 5.32 Å². The van der Waals surface area contributed by atoms with Crippen LogP contribution in [0.3, 0.4) is 0 Å². The summed E-state index contributed by atoms with van der Waals surface area (Å²) in [6.45, 7) is 0. The fourth-order valence-electron chi connectivity index (χ4n) is 2.12. The topological polar surface area (TPSA) is 95.1 Å². The van der Waals surface area contributed by atoms with Gasteiger partial charge in [-0.2, -0.15) is 5.10 Å². The number of nitrogens with zero attached hydrogens (tertiary/aromatic N) is 1. The number of amides is 1. The molecule has 0 bridgehead atoms. The van der Waals surface area contributed by atoms with Gasteiger partial charge in [-0.25, -0.2) is 9.18 Å². The second kappa shape index (κ2) is 5.28. The van der Waals surface area contributed by atoms with Gasteiger partial charge in [-0.05, 0) is 24.3 Å². The number of benzene rings is 2. The van der Waals surface area contributed by atoms with Crippen LogP contribution in [0.2, 0.25) is 0 Å². The molecule has 3 aromatic rings. The normalized spacial score (nSPS) is 10.6. The van der Waals surface area contributed by atoms with E-state index in [0.717, 1.165) is 18.2 Å². The maximum absolute atomic E-state index is 13.3. The molecular weight excluding hydrogens is 289 g/mol. The van der Waals surface area contributed by atoms with Crippen molar-refractivity contribution >= 4 is 28.5 Å². The van der Waals surface area contributed by atoms with E-state index in [4.69, 9.17) is 5.11 Å². The molecule has 1 amide bonds. The Morgan fingerprint density at radius 2 is 1.95 bits per heavy atom. The third-order valence-corrected chi connectivity index (χ3v) is 3.15. The number of anilines is 1. The number of rotatable bonds is 3. The van der Waals surface area contributed by atoms with Crippen molar-refractivity contribution in [1.82, 2.24) is 10.2 Å². The Bertz CT molecular complexity index is 889. The van der Waals surface area contributed by atoms with Crippen molar-refractivity contribution in [2.24, 2.45) is 0 Å². The minimum absolute atomic E-state index is 0.108. The Morgan fingerprint density at radius 1 is 1.18 bits per heavy atom. The number of hydrogen-bond acceptors (Lipinski definition) is 3. The lowest BCUT2D eigenvalue weighted by atomic mass is 10.1. The van der Waals surface area contributed by atoms with Gasteiger partial charge < -0.3 is 10.4 Å². The van der Waals surface area contributed by atoms with Crippen molar-refractivity contribution in [2.75, 3.05) is 5.32 Å². The third-order valence-electron chi connectivity index (χ3n) is 3.15. The van der Waals surface area contributed by atoms with Crippen LogP contribution in [-0.2, 0) is 0 Å². The number of aromatic carboxylic acids is 1. The van der Waals surface area contributed by atoms with Crippen LogP contribution in [0.4, 0.5) is 10.1 Å². The van der Waals surface area contributed by atoms with E-state index < -0.39 is 17.7 Å². The largest absolute Gasteiger partial charge is 0.478 e. The zero-order valence-electron chi connectivity index (χ0n) is 11.1. The number of carbonyl (C=O) groups excluding carboxylic acids is 1. The summed E-state index contributed by atoms with van der Waals surface area (Å²) in [6, 6.07) is 10.1. The molecule has 110 valence electrons. The van der Waals surface area contributed by atoms with E-state index in [1.54, 1.807) is 24.3 Å². The van der Waals surface area contributed by atoms with E-state index in [1.807, 2.05) is 0 Å². The maximum atomic E-state index is 13.3. The van der Waals surface area contributed by atoms with E-state index in [-0.39, 0.29) is 16.9 Å². The number of carbonyl (C=O) groups is 2. The fraction of sp³-hybridized carbons (Fsp3) is 0.